The molecule has 0 N–H and O–H groups in total. The van der Waals surface area contributed by atoms with Crippen LogP contribution >= 0.6 is 0 Å². The molecule has 0 atom stereocenters. The molecule has 2 fully saturated rings. The number of fused-ring (bicyclic) bond motifs is 1. The van der Waals surface area contributed by atoms with E-state index < -0.39 is 0 Å². The molecule has 2 aliphatic heterocycles. The van der Waals surface area contributed by atoms with Gasteiger partial charge in [-0.1, -0.05) is 0 Å². The fourth-order valence-electron chi connectivity index (χ4n) is 4.12. The highest BCUT2D eigenvalue weighted by molar-refractivity contribution is 5.94. The van der Waals surface area contributed by atoms with Crippen molar-refractivity contribution in [1.82, 2.24) is 9.88 Å². The maximum Gasteiger partial charge on any atom is 0.163 e. The van der Waals surface area contributed by atoms with Crippen LogP contribution in [0.2, 0.25) is 0 Å². The Morgan fingerprint density at radius 1 is 1.00 bits per heavy atom. The van der Waals surface area contributed by atoms with Crippen LogP contribution in [0.5, 0.6) is 11.5 Å². The van der Waals surface area contributed by atoms with Gasteiger partial charge in [0.25, 0.3) is 0 Å². The summed E-state index contributed by atoms with van der Waals surface area (Å²) in [5, 5.41) is 1.15. The van der Waals surface area contributed by atoms with Crippen LogP contribution in [0.4, 0.5) is 5.69 Å². The zero-order valence-corrected chi connectivity index (χ0v) is 15.7. The number of ether oxygens (including phenoxy) is 2. The van der Waals surface area contributed by atoms with Crippen molar-refractivity contribution in [3.63, 3.8) is 0 Å². The first kappa shape index (κ1) is 17.4. The summed E-state index contributed by atoms with van der Waals surface area (Å²) in [7, 11) is 1.71. The summed E-state index contributed by atoms with van der Waals surface area (Å²) in [6, 6.07) is 6.24. The average molecular weight is 355 g/mol. The Kier molecular flexibility index (Phi) is 5.44. The van der Waals surface area contributed by atoms with Crippen molar-refractivity contribution in [1.29, 1.82) is 0 Å². The predicted octanol–water partition coefficient (Wildman–Crippen LogP) is 3.71. The van der Waals surface area contributed by atoms with Crippen molar-refractivity contribution < 1.29 is 9.47 Å². The van der Waals surface area contributed by atoms with Crippen molar-refractivity contribution in [3.8, 4) is 11.5 Å². The van der Waals surface area contributed by atoms with E-state index in [1.165, 1.54) is 44.5 Å². The minimum atomic E-state index is 0.712. The van der Waals surface area contributed by atoms with Gasteiger partial charge >= 0.3 is 0 Å². The summed E-state index contributed by atoms with van der Waals surface area (Å²) < 4.78 is 11.7. The molecule has 0 radical (unpaired) electrons. The van der Waals surface area contributed by atoms with E-state index in [1.54, 1.807) is 7.11 Å². The summed E-state index contributed by atoms with van der Waals surface area (Å²) in [5.41, 5.74) is 2.23. The highest BCUT2D eigenvalue weighted by atomic mass is 16.5. The number of anilines is 1. The van der Waals surface area contributed by atoms with Crippen LogP contribution in [0.1, 0.15) is 32.1 Å². The number of hydrogen-bond acceptors (Lipinski definition) is 5. The SMILES string of the molecule is COc1cc2c(N3CCCC3)ccnc2cc1OCCCN1CCCC1. The Morgan fingerprint density at radius 2 is 1.77 bits per heavy atom. The topological polar surface area (TPSA) is 37.8 Å². The largest absolute Gasteiger partial charge is 0.493 e. The molecule has 1 aromatic heterocycles. The fraction of sp³-hybridized carbons (Fsp3) is 0.571. The summed E-state index contributed by atoms with van der Waals surface area (Å²) in [5.74, 6) is 1.60. The van der Waals surface area contributed by atoms with Gasteiger partial charge in [0.1, 0.15) is 0 Å². The number of rotatable bonds is 7. The van der Waals surface area contributed by atoms with E-state index in [1.807, 2.05) is 12.3 Å². The maximum atomic E-state index is 6.06. The molecule has 0 aliphatic carbocycles. The van der Waals surface area contributed by atoms with Gasteiger partial charge in [-0.05, 0) is 57.3 Å². The second-order valence-electron chi connectivity index (χ2n) is 7.30. The molecule has 5 heteroatoms. The number of pyridine rings is 1. The molecule has 4 rings (SSSR count). The van der Waals surface area contributed by atoms with Crippen LogP contribution in [-0.2, 0) is 0 Å². The second-order valence-corrected chi connectivity index (χ2v) is 7.30. The van der Waals surface area contributed by atoms with E-state index in [2.05, 4.69) is 26.9 Å². The third-order valence-corrected chi connectivity index (χ3v) is 5.53. The zero-order valence-electron chi connectivity index (χ0n) is 15.7. The molecule has 140 valence electrons. The highest BCUT2D eigenvalue weighted by Gasteiger charge is 2.17. The Balaban J connectivity index is 1.49. The molecule has 2 aromatic rings. The van der Waals surface area contributed by atoms with Gasteiger partial charge in [-0.25, -0.2) is 0 Å². The van der Waals surface area contributed by atoms with Gasteiger partial charge in [0, 0.05) is 43.0 Å². The predicted molar refractivity (Wildman–Crippen MR) is 106 cm³/mol. The highest BCUT2D eigenvalue weighted by Crippen LogP contribution is 2.36. The molecule has 0 saturated carbocycles. The molecule has 5 nitrogen and oxygen atoms in total. The number of benzene rings is 1. The molecular weight excluding hydrogens is 326 g/mol. The molecule has 3 heterocycles. The molecular formula is C21H29N3O2. The van der Waals surface area contributed by atoms with Crippen LogP contribution in [0, 0.1) is 0 Å². The van der Waals surface area contributed by atoms with E-state index in [0.29, 0.717) is 6.61 Å². The van der Waals surface area contributed by atoms with Gasteiger partial charge in [-0.2, -0.15) is 0 Å². The summed E-state index contributed by atoms with van der Waals surface area (Å²) in [6.45, 7) is 6.55. The number of methoxy groups -OCH3 is 1. The molecule has 2 saturated heterocycles. The first-order valence-corrected chi connectivity index (χ1v) is 9.92. The molecule has 0 bridgehead atoms. The summed E-state index contributed by atoms with van der Waals surface area (Å²) in [6.07, 6.45) is 8.15. The summed E-state index contributed by atoms with van der Waals surface area (Å²) >= 11 is 0. The molecule has 26 heavy (non-hydrogen) atoms. The van der Waals surface area contributed by atoms with E-state index >= 15 is 0 Å². The fourth-order valence-corrected chi connectivity index (χ4v) is 4.12. The van der Waals surface area contributed by atoms with Crippen molar-refractivity contribution in [2.75, 3.05) is 51.3 Å². The number of hydrogen-bond donors (Lipinski definition) is 0. The third kappa shape index (κ3) is 3.73. The average Bonchev–Trinajstić information content (AvgIpc) is 3.38. The number of aromatic nitrogens is 1. The normalized spacial score (nSPS) is 18.0. The van der Waals surface area contributed by atoms with E-state index in [-0.39, 0.29) is 0 Å². The smallest absolute Gasteiger partial charge is 0.163 e. The first-order valence-electron chi connectivity index (χ1n) is 9.92. The van der Waals surface area contributed by atoms with Gasteiger partial charge in [0.2, 0.25) is 0 Å². The van der Waals surface area contributed by atoms with Crippen molar-refractivity contribution in [2.45, 2.75) is 32.1 Å². The lowest BCUT2D eigenvalue weighted by Gasteiger charge is -2.20. The molecule has 2 aliphatic rings. The van der Waals surface area contributed by atoms with Crippen molar-refractivity contribution in [2.24, 2.45) is 0 Å². The minimum Gasteiger partial charge on any atom is -0.493 e. The Morgan fingerprint density at radius 3 is 2.54 bits per heavy atom. The zero-order chi connectivity index (χ0) is 17.8. The van der Waals surface area contributed by atoms with Gasteiger partial charge in [0.05, 0.1) is 19.2 Å². The molecule has 0 unspecified atom stereocenters. The van der Waals surface area contributed by atoms with Crippen molar-refractivity contribution >= 4 is 16.6 Å². The quantitative estimate of drug-likeness (QED) is 0.708. The Labute approximate surface area is 155 Å². The van der Waals surface area contributed by atoms with Gasteiger partial charge in [-0.3, -0.25) is 4.98 Å². The third-order valence-electron chi connectivity index (χ3n) is 5.53. The lowest BCUT2D eigenvalue weighted by atomic mass is 10.1. The lowest BCUT2D eigenvalue weighted by molar-refractivity contribution is 0.254. The van der Waals surface area contributed by atoms with Crippen LogP contribution in [0.15, 0.2) is 24.4 Å². The number of nitrogens with zero attached hydrogens (tertiary/aromatic N) is 3. The first-order chi connectivity index (χ1) is 12.8. The van der Waals surface area contributed by atoms with Gasteiger partial charge in [-0.15, -0.1) is 0 Å². The number of likely N-dealkylation sites (tertiary alicyclic amines) is 1. The van der Waals surface area contributed by atoms with Gasteiger partial charge < -0.3 is 19.3 Å². The van der Waals surface area contributed by atoms with Crippen LogP contribution in [0.3, 0.4) is 0 Å². The van der Waals surface area contributed by atoms with E-state index in [9.17, 15) is 0 Å². The van der Waals surface area contributed by atoms with E-state index in [0.717, 1.165) is 48.5 Å². The van der Waals surface area contributed by atoms with Gasteiger partial charge in [0.15, 0.2) is 11.5 Å². The Bertz CT molecular complexity index is 737. The van der Waals surface area contributed by atoms with Crippen molar-refractivity contribution in [3.05, 3.63) is 24.4 Å². The molecule has 0 amide bonds. The monoisotopic (exact) mass is 355 g/mol. The minimum absolute atomic E-state index is 0.712. The molecule has 0 spiro atoms. The lowest BCUT2D eigenvalue weighted by Crippen LogP contribution is -2.22. The standard InChI is InChI=1S/C21H29N3O2/c1-25-20-15-17-18(22-8-7-19(17)24-12-4-5-13-24)16-21(20)26-14-6-11-23-9-2-3-10-23/h7-8,15-16H,2-6,9-14H2,1H3. The Hall–Kier alpha value is -2.01. The van der Waals surface area contributed by atoms with Crippen LogP contribution in [-0.4, -0.2) is 56.3 Å². The van der Waals surface area contributed by atoms with Crippen LogP contribution < -0.4 is 14.4 Å². The van der Waals surface area contributed by atoms with E-state index in [4.69, 9.17) is 9.47 Å². The van der Waals surface area contributed by atoms with Crippen LogP contribution in [0.25, 0.3) is 10.9 Å². The summed E-state index contributed by atoms with van der Waals surface area (Å²) in [4.78, 5) is 9.53. The molecule has 1 aromatic carbocycles. The second kappa shape index (κ2) is 8.12. The maximum absolute atomic E-state index is 6.06.